The number of ether oxygens (including phenoxy) is 1. The highest BCUT2D eigenvalue weighted by Crippen LogP contribution is 2.15. The molecule has 5 nitrogen and oxygen atoms in total. The number of rotatable bonds is 6. The fraction of sp³-hybridized carbons (Fsp3) is 0.444. The van der Waals surface area contributed by atoms with Crippen molar-refractivity contribution in [1.29, 1.82) is 0 Å². The summed E-state index contributed by atoms with van der Waals surface area (Å²) in [5.41, 5.74) is 0. The van der Waals surface area contributed by atoms with Crippen LogP contribution in [0.25, 0.3) is 0 Å². The highest BCUT2D eigenvalue weighted by molar-refractivity contribution is 7.84. The Morgan fingerprint density at radius 3 is 2.61 bits per heavy atom. The van der Waals surface area contributed by atoms with E-state index in [0.717, 1.165) is 6.07 Å². The molecule has 0 saturated carbocycles. The van der Waals surface area contributed by atoms with Crippen molar-refractivity contribution in [2.24, 2.45) is 0 Å². The van der Waals surface area contributed by atoms with Crippen LogP contribution in [0, 0.1) is 0 Å². The van der Waals surface area contributed by atoms with Crippen molar-refractivity contribution in [3.8, 4) is 0 Å². The van der Waals surface area contributed by atoms with Crippen molar-refractivity contribution in [2.75, 3.05) is 19.0 Å². The third kappa shape index (κ3) is 4.88. The van der Waals surface area contributed by atoms with Crippen LogP contribution in [-0.2, 0) is 15.5 Å². The second-order valence-electron chi connectivity index (χ2n) is 3.14. The molecule has 1 N–H and O–H groups in total. The molecule has 0 aliphatic heterocycles. The Morgan fingerprint density at radius 2 is 2.11 bits per heavy atom. The van der Waals surface area contributed by atoms with Crippen LogP contribution in [0.5, 0.6) is 0 Å². The van der Waals surface area contributed by atoms with E-state index >= 15 is 0 Å². The SMILES string of the molecule is O=C(O)c1ccc(S(=O)CCOCC(F)(F)F)o1. The molecular weight excluding hydrogens is 277 g/mol. The van der Waals surface area contributed by atoms with Gasteiger partial charge in [0.15, 0.2) is 5.09 Å². The Kier molecular flexibility index (Phi) is 4.91. The number of carboxylic acid groups (broad SMARTS) is 1. The molecule has 0 radical (unpaired) electrons. The van der Waals surface area contributed by atoms with E-state index in [1.54, 1.807) is 0 Å². The van der Waals surface area contributed by atoms with Gasteiger partial charge >= 0.3 is 12.1 Å². The van der Waals surface area contributed by atoms with Gasteiger partial charge < -0.3 is 14.3 Å². The lowest BCUT2D eigenvalue weighted by Crippen LogP contribution is -2.19. The van der Waals surface area contributed by atoms with Gasteiger partial charge in [-0.2, -0.15) is 13.2 Å². The largest absolute Gasteiger partial charge is 0.475 e. The standard InChI is InChI=1S/C9H9F3O5S/c10-9(11,12)5-16-3-4-18(15)7-2-1-6(17-7)8(13)14/h1-2H,3-5H2,(H,13,14). The first kappa shape index (κ1) is 14.7. The molecule has 1 rings (SSSR count). The second-order valence-corrected chi connectivity index (χ2v) is 4.64. The highest BCUT2D eigenvalue weighted by atomic mass is 32.2. The minimum atomic E-state index is -4.43. The zero-order valence-electron chi connectivity index (χ0n) is 8.90. The minimum Gasteiger partial charge on any atom is -0.475 e. The first-order valence-corrected chi connectivity index (χ1v) is 5.97. The van der Waals surface area contributed by atoms with Crippen LogP contribution in [0.4, 0.5) is 13.2 Å². The van der Waals surface area contributed by atoms with Gasteiger partial charge in [-0.15, -0.1) is 0 Å². The summed E-state index contributed by atoms with van der Waals surface area (Å²) in [5.74, 6) is -1.90. The number of halogens is 3. The number of aromatic carboxylic acids is 1. The molecule has 102 valence electrons. The first-order valence-electron chi connectivity index (χ1n) is 4.65. The summed E-state index contributed by atoms with van der Waals surface area (Å²) >= 11 is 0. The van der Waals surface area contributed by atoms with Gasteiger partial charge in [0, 0.05) is 0 Å². The monoisotopic (exact) mass is 286 g/mol. The summed E-state index contributed by atoms with van der Waals surface area (Å²) in [6.07, 6.45) is -4.43. The zero-order chi connectivity index (χ0) is 13.8. The van der Waals surface area contributed by atoms with Crippen LogP contribution in [0.3, 0.4) is 0 Å². The van der Waals surface area contributed by atoms with Gasteiger partial charge in [0.05, 0.1) is 23.2 Å². The van der Waals surface area contributed by atoms with Crippen molar-refractivity contribution >= 4 is 16.8 Å². The summed E-state index contributed by atoms with van der Waals surface area (Å²) in [7, 11) is -1.73. The van der Waals surface area contributed by atoms with E-state index in [0.29, 0.717) is 0 Å². The van der Waals surface area contributed by atoms with Crippen molar-refractivity contribution < 1.29 is 36.4 Å². The molecule has 0 aliphatic carbocycles. The molecule has 1 unspecified atom stereocenters. The van der Waals surface area contributed by atoms with Gasteiger partial charge in [-0.1, -0.05) is 0 Å². The fourth-order valence-electron chi connectivity index (χ4n) is 0.981. The Morgan fingerprint density at radius 1 is 1.44 bits per heavy atom. The van der Waals surface area contributed by atoms with Crippen LogP contribution in [0.2, 0.25) is 0 Å². The second kappa shape index (κ2) is 6.01. The molecule has 0 aliphatic rings. The van der Waals surface area contributed by atoms with Crippen molar-refractivity contribution in [1.82, 2.24) is 0 Å². The van der Waals surface area contributed by atoms with Crippen molar-refractivity contribution in [3.05, 3.63) is 17.9 Å². The predicted molar refractivity (Wildman–Crippen MR) is 53.8 cm³/mol. The highest BCUT2D eigenvalue weighted by Gasteiger charge is 2.27. The summed E-state index contributed by atoms with van der Waals surface area (Å²) in [4.78, 5) is 10.5. The van der Waals surface area contributed by atoms with E-state index in [4.69, 9.17) is 9.52 Å². The molecule has 1 aromatic heterocycles. The third-order valence-electron chi connectivity index (χ3n) is 1.70. The van der Waals surface area contributed by atoms with Crippen LogP contribution in [0.1, 0.15) is 10.6 Å². The molecule has 1 atom stereocenters. The number of carboxylic acids is 1. The van der Waals surface area contributed by atoms with Crippen molar-refractivity contribution in [2.45, 2.75) is 11.3 Å². The molecule has 9 heteroatoms. The minimum absolute atomic E-state index is 0.108. The molecule has 0 bridgehead atoms. The number of carbonyl (C=O) groups is 1. The molecule has 1 aromatic rings. The molecule has 0 amide bonds. The summed E-state index contributed by atoms with van der Waals surface area (Å²) in [6, 6.07) is 2.31. The maximum Gasteiger partial charge on any atom is 0.411 e. The summed E-state index contributed by atoms with van der Waals surface area (Å²) in [5, 5.41) is 8.43. The number of alkyl halides is 3. The lowest BCUT2D eigenvalue weighted by molar-refractivity contribution is -0.172. The average Bonchev–Trinajstić information content (AvgIpc) is 2.72. The van der Waals surface area contributed by atoms with Gasteiger partial charge in [-0.25, -0.2) is 4.79 Å². The van der Waals surface area contributed by atoms with Crippen LogP contribution < -0.4 is 0 Å². The normalized spacial score (nSPS) is 13.5. The molecule has 18 heavy (non-hydrogen) atoms. The lowest BCUT2D eigenvalue weighted by atomic mass is 10.5. The van der Waals surface area contributed by atoms with E-state index in [1.807, 2.05) is 0 Å². The number of furan rings is 1. The maximum atomic E-state index is 11.7. The van der Waals surface area contributed by atoms with Gasteiger partial charge in [0.1, 0.15) is 6.61 Å². The first-order chi connectivity index (χ1) is 8.29. The predicted octanol–water partition coefficient (Wildman–Crippen LogP) is 1.66. The molecule has 0 aromatic carbocycles. The van der Waals surface area contributed by atoms with Crippen LogP contribution >= 0.6 is 0 Å². The summed E-state index contributed by atoms with van der Waals surface area (Å²) in [6.45, 7) is -1.78. The third-order valence-corrected chi connectivity index (χ3v) is 2.90. The molecule has 0 fully saturated rings. The van der Waals surface area contributed by atoms with Gasteiger partial charge in [-0.3, -0.25) is 4.21 Å². The Balaban J connectivity index is 2.39. The molecular formula is C9H9F3O5S. The van der Waals surface area contributed by atoms with Gasteiger partial charge in [-0.05, 0) is 12.1 Å². The van der Waals surface area contributed by atoms with E-state index in [2.05, 4.69) is 4.74 Å². The smallest absolute Gasteiger partial charge is 0.411 e. The lowest BCUT2D eigenvalue weighted by Gasteiger charge is -2.06. The maximum absolute atomic E-state index is 11.7. The van der Waals surface area contributed by atoms with E-state index < -0.39 is 29.6 Å². The van der Waals surface area contributed by atoms with Crippen molar-refractivity contribution in [3.63, 3.8) is 0 Å². The quantitative estimate of drug-likeness (QED) is 0.805. The Labute approximate surface area is 102 Å². The average molecular weight is 286 g/mol. The molecule has 0 spiro atoms. The fourth-order valence-corrected chi connectivity index (χ4v) is 1.85. The molecule has 0 saturated heterocycles. The Hall–Kier alpha value is -1.35. The molecule has 1 heterocycles. The zero-order valence-corrected chi connectivity index (χ0v) is 9.71. The number of hydrogen-bond donors (Lipinski definition) is 1. The van der Waals surface area contributed by atoms with E-state index in [1.165, 1.54) is 6.07 Å². The van der Waals surface area contributed by atoms with E-state index in [9.17, 15) is 22.2 Å². The number of hydrogen-bond acceptors (Lipinski definition) is 4. The topological polar surface area (TPSA) is 76.7 Å². The van der Waals surface area contributed by atoms with Gasteiger partial charge in [0.2, 0.25) is 5.76 Å². The summed E-state index contributed by atoms with van der Waals surface area (Å²) < 4.78 is 55.6. The van der Waals surface area contributed by atoms with Crippen LogP contribution in [0.15, 0.2) is 21.6 Å². The Bertz CT molecular complexity index is 440. The van der Waals surface area contributed by atoms with Crippen LogP contribution in [-0.4, -0.2) is 40.4 Å². The van der Waals surface area contributed by atoms with E-state index in [-0.39, 0.29) is 23.2 Å². The van der Waals surface area contributed by atoms with Gasteiger partial charge in [0.25, 0.3) is 0 Å².